The number of hydrogen-bond acceptors (Lipinski definition) is 2. The highest BCUT2D eigenvalue weighted by atomic mass is 79.9. The summed E-state index contributed by atoms with van der Waals surface area (Å²) in [5, 5.41) is 10.8. The Morgan fingerprint density at radius 2 is 2.24 bits per heavy atom. The minimum atomic E-state index is -0.0876. The Hall–Kier alpha value is -2.08. The van der Waals surface area contributed by atoms with Gasteiger partial charge in [0.1, 0.15) is 5.69 Å². The zero-order valence-corrected chi connectivity index (χ0v) is 12.7. The van der Waals surface area contributed by atoms with Gasteiger partial charge in [0.05, 0.1) is 11.7 Å². The summed E-state index contributed by atoms with van der Waals surface area (Å²) < 4.78 is 2.99. The first-order chi connectivity index (χ1) is 10.2. The molecular formula is C15H13BrN4O. The van der Waals surface area contributed by atoms with E-state index in [9.17, 15) is 4.79 Å². The summed E-state index contributed by atoms with van der Waals surface area (Å²) >= 11 is 3.45. The van der Waals surface area contributed by atoms with Crippen LogP contribution in [0.5, 0.6) is 0 Å². The molecule has 2 heterocycles. The van der Waals surface area contributed by atoms with Crippen molar-refractivity contribution in [1.82, 2.24) is 14.8 Å². The number of nitrogens with zero attached hydrogens (tertiary/aromatic N) is 2. The SMILES string of the molecule is O=C(Nc1ccc2[nH]ncc2c1)c1cc(Br)cn1C1CC1. The van der Waals surface area contributed by atoms with E-state index in [1.807, 2.05) is 30.5 Å². The van der Waals surface area contributed by atoms with Crippen molar-refractivity contribution >= 4 is 38.4 Å². The molecule has 1 aromatic carbocycles. The molecule has 2 N–H and O–H groups in total. The number of aromatic nitrogens is 3. The van der Waals surface area contributed by atoms with Crippen LogP contribution in [0.15, 0.2) is 41.1 Å². The Morgan fingerprint density at radius 3 is 3.05 bits per heavy atom. The summed E-state index contributed by atoms with van der Waals surface area (Å²) in [5.41, 5.74) is 2.42. The Morgan fingerprint density at radius 1 is 1.38 bits per heavy atom. The molecule has 1 aliphatic carbocycles. The van der Waals surface area contributed by atoms with Crippen LogP contribution < -0.4 is 5.32 Å². The molecule has 106 valence electrons. The molecule has 0 radical (unpaired) electrons. The van der Waals surface area contributed by atoms with Crippen molar-refractivity contribution in [3.8, 4) is 0 Å². The smallest absolute Gasteiger partial charge is 0.272 e. The average molecular weight is 345 g/mol. The zero-order valence-electron chi connectivity index (χ0n) is 11.1. The second-order valence-electron chi connectivity index (χ2n) is 5.31. The monoisotopic (exact) mass is 344 g/mol. The Balaban J connectivity index is 1.62. The zero-order chi connectivity index (χ0) is 14.4. The van der Waals surface area contributed by atoms with Crippen LogP contribution in [0.4, 0.5) is 5.69 Å². The molecule has 2 aromatic heterocycles. The summed E-state index contributed by atoms with van der Waals surface area (Å²) in [4.78, 5) is 12.5. The van der Waals surface area contributed by atoms with E-state index in [-0.39, 0.29) is 5.91 Å². The molecule has 0 spiro atoms. The number of carbonyl (C=O) groups excluding carboxylic acids is 1. The third kappa shape index (κ3) is 2.35. The Labute approximate surface area is 129 Å². The van der Waals surface area contributed by atoms with Crippen LogP contribution in [0.25, 0.3) is 10.9 Å². The Bertz CT molecular complexity index is 831. The van der Waals surface area contributed by atoms with E-state index in [1.54, 1.807) is 6.20 Å². The molecule has 1 aliphatic rings. The lowest BCUT2D eigenvalue weighted by molar-refractivity contribution is 0.101. The first-order valence-corrected chi connectivity index (χ1v) is 7.62. The maximum absolute atomic E-state index is 12.5. The van der Waals surface area contributed by atoms with Gasteiger partial charge in [-0.05, 0) is 53.0 Å². The van der Waals surface area contributed by atoms with Crippen molar-refractivity contribution in [1.29, 1.82) is 0 Å². The molecule has 3 aromatic rings. The first kappa shape index (κ1) is 12.6. The number of carbonyl (C=O) groups is 1. The molecule has 4 rings (SSSR count). The standard InChI is InChI=1S/C15H13BrN4O/c16-10-6-14(20(8-10)12-2-3-12)15(21)18-11-1-4-13-9(5-11)7-17-19-13/h1,4-8,12H,2-3H2,(H,17,19)(H,18,21). The van der Waals surface area contributed by atoms with Crippen molar-refractivity contribution in [3.05, 3.63) is 46.8 Å². The van der Waals surface area contributed by atoms with Gasteiger partial charge in [0, 0.05) is 27.8 Å². The average Bonchev–Trinajstić information content (AvgIpc) is 3.07. The number of halogens is 1. The topological polar surface area (TPSA) is 62.7 Å². The van der Waals surface area contributed by atoms with Crippen molar-refractivity contribution in [2.45, 2.75) is 18.9 Å². The number of benzene rings is 1. The maximum Gasteiger partial charge on any atom is 0.272 e. The second-order valence-corrected chi connectivity index (χ2v) is 6.22. The highest BCUT2D eigenvalue weighted by Gasteiger charge is 2.27. The fourth-order valence-corrected chi connectivity index (χ4v) is 2.94. The summed E-state index contributed by atoms with van der Waals surface area (Å²) in [6, 6.07) is 8.03. The lowest BCUT2D eigenvalue weighted by Crippen LogP contribution is -2.16. The van der Waals surface area contributed by atoms with E-state index in [0.29, 0.717) is 11.7 Å². The molecule has 0 bridgehead atoms. The van der Waals surface area contributed by atoms with Gasteiger partial charge in [-0.15, -0.1) is 0 Å². The largest absolute Gasteiger partial charge is 0.339 e. The van der Waals surface area contributed by atoms with E-state index < -0.39 is 0 Å². The maximum atomic E-state index is 12.5. The van der Waals surface area contributed by atoms with Crippen molar-refractivity contribution in [3.63, 3.8) is 0 Å². The van der Waals surface area contributed by atoms with Gasteiger partial charge < -0.3 is 9.88 Å². The fraction of sp³-hybridized carbons (Fsp3) is 0.200. The number of rotatable bonds is 3. The number of aromatic amines is 1. The number of H-pyrrole nitrogens is 1. The van der Waals surface area contributed by atoms with Gasteiger partial charge in [-0.3, -0.25) is 9.89 Å². The quantitative estimate of drug-likeness (QED) is 0.760. The minimum absolute atomic E-state index is 0.0876. The van der Waals surface area contributed by atoms with Gasteiger partial charge in [-0.1, -0.05) is 0 Å². The van der Waals surface area contributed by atoms with E-state index in [1.165, 1.54) is 0 Å². The highest BCUT2D eigenvalue weighted by molar-refractivity contribution is 9.10. The van der Waals surface area contributed by atoms with Crippen LogP contribution in [0, 0.1) is 0 Å². The van der Waals surface area contributed by atoms with E-state index in [0.717, 1.165) is 33.9 Å². The van der Waals surface area contributed by atoms with Crippen LogP contribution >= 0.6 is 15.9 Å². The molecule has 0 unspecified atom stereocenters. The number of nitrogens with one attached hydrogen (secondary N) is 2. The summed E-state index contributed by atoms with van der Waals surface area (Å²) in [6.07, 6.45) is 6.01. The first-order valence-electron chi connectivity index (χ1n) is 6.82. The van der Waals surface area contributed by atoms with Gasteiger partial charge in [0.2, 0.25) is 0 Å². The lowest BCUT2D eigenvalue weighted by atomic mass is 10.2. The van der Waals surface area contributed by atoms with Crippen molar-refractivity contribution in [2.24, 2.45) is 0 Å². The minimum Gasteiger partial charge on any atom is -0.339 e. The number of hydrogen-bond donors (Lipinski definition) is 2. The highest BCUT2D eigenvalue weighted by Crippen LogP contribution is 2.37. The van der Waals surface area contributed by atoms with E-state index >= 15 is 0 Å². The van der Waals surface area contributed by atoms with Gasteiger partial charge in [0.15, 0.2) is 0 Å². The number of anilines is 1. The third-order valence-corrected chi connectivity index (χ3v) is 4.12. The molecule has 6 heteroatoms. The molecule has 0 aliphatic heterocycles. The number of amides is 1. The van der Waals surface area contributed by atoms with Gasteiger partial charge >= 0.3 is 0 Å². The number of fused-ring (bicyclic) bond motifs is 1. The fourth-order valence-electron chi connectivity index (χ4n) is 2.50. The van der Waals surface area contributed by atoms with Gasteiger partial charge in [0.25, 0.3) is 5.91 Å². The molecule has 5 nitrogen and oxygen atoms in total. The lowest BCUT2D eigenvalue weighted by Gasteiger charge is -2.08. The molecule has 0 saturated heterocycles. The van der Waals surface area contributed by atoms with Crippen LogP contribution in [-0.4, -0.2) is 20.7 Å². The second kappa shape index (κ2) is 4.73. The van der Waals surface area contributed by atoms with Crippen LogP contribution in [0.1, 0.15) is 29.4 Å². The predicted octanol–water partition coefficient (Wildman–Crippen LogP) is 3.71. The molecule has 1 saturated carbocycles. The molecule has 1 amide bonds. The third-order valence-electron chi connectivity index (χ3n) is 3.69. The van der Waals surface area contributed by atoms with Gasteiger partial charge in [-0.2, -0.15) is 5.10 Å². The van der Waals surface area contributed by atoms with Crippen molar-refractivity contribution < 1.29 is 4.79 Å². The molecule has 1 fully saturated rings. The van der Waals surface area contributed by atoms with Crippen LogP contribution in [-0.2, 0) is 0 Å². The van der Waals surface area contributed by atoms with Crippen LogP contribution in [0.2, 0.25) is 0 Å². The Kier molecular flexibility index (Phi) is 2.85. The van der Waals surface area contributed by atoms with Gasteiger partial charge in [-0.25, -0.2) is 0 Å². The van der Waals surface area contributed by atoms with E-state index in [4.69, 9.17) is 0 Å². The molecule has 21 heavy (non-hydrogen) atoms. The normalized spacial score (nSPS) is 14.5. The predicted molar refractivity (Wildman–Crippen MR) is 84.4 cm³/mol. The summed E-state index contributed by atoms with van der Waals surface area (Å²) in [5.74, 6) is -0.0876. The summed E-state index contributed by atoms with van der Waals surface area (Å²) in [6.45, 7) is 0. The van der Waals surface area contributed by atoms with E-state index in [2.05, 4.69) is 36.0 Å². The van der Waals surface area contributed by atoms with Crippen molar-refractivity contribution in [2.75, 3.05) is 5.32 Å². The molecular weight excluding hydrogens is 332 g/mol. The van der Waals surface area contributed by atoms with Crippen LogP contribution in [0.3, 0.4) is 0 Å². The molecule has 0 atom stereocenters. The summed E-state index contributed by atoms with van der Waals surface area (Å²) in [7, 11) is 0.